The Morgan fingerprint density at radius 3 is 2.70 bits per heavy atom. The van der Waals surface area contributed by atoms with E-state index in [2.05, 4.69) is 25.7 Å². The van der Waals surface area contributed by atoms with E-state index in [1.807, 2.05) is 33.8 Å². The number of epoxide rings is 1. The highest BCUT2D eigenvalue weighted by molar-refractivity contribution is 5.83. The molecule has 2 rings (SSSR count). The summed E-state index contributed by atoms with van der Waals surface area (Å²) >= 11 is 0. The number of hydrogen-bond acceptors (Lipinski definition) is 5. The average molecular weight is 419 g/mol. The van der Waals surface area contributed by atoms with Crippen molar-refractivity contribution in [2.75, 3.05) is 6.61 Å². The molecule has 1 saturated heterocycles. The van der Waals surface area contributed by atoms with Crippen LogP contribution in [0.3, 0.4) is 0 Å². The number of fused-ring (bicyclic) bond motifs is 1. The van der Waals surface area contributed by atoms with Crippen LogP contribution in [0.5, 0.6) is 0 Å². The molecule has 0 aromatic carbocycles. The van der Waals surface area contributed by atoms with E-state index < -0.39 is 17.8 Å². The normalized spacial score (nSPS) is 35.0. The van der Waals surface area contributed by atoms with E-state index in [0.717, 1.165) is 42.4 Å². The Hall–Kier alpha value is -1.69. The van der Waals surface area contributed by atoms with Crippen molar-refractivity contribution >= 4 is 5.97 Å². The molecule has 30 heavy (non-hydrogen) atoms. The van der Waals surface area contributed by atoms with Gasteiger partial charge in [0.15, 0.2) is 6.10 Å². The summed E-state index contributed by atoms with van der Waals surface area (Å²) in [6.07, 6.45) is 10.2. The van der Waals surface area contributed by atoms with E-state index in [1.54, 1.807) is 0 Å². The van der Waals surface area contributed by atoms with Crippen LogP contribution in [0.1, 0.15) is 66.7 Å². The van der Waals surface area contributed by atoms with Gasteiger partial charge in [-0.05, 0) is 76.9 Å². The molecule has 5 atom stereocenters. The Morgan fingerprint density at radius 2 is 2.10 bits per heavy atom. The third-order valence-corrected chi connectivity index (χ3v) is 6.21. The van der Waals surface area contributed by atoms with Gasteiger partial charge in [0.1, 0.15) is 5.60 Å². The zero-order valence-corrected chi connectivity index (χ0v) is 19.1. The van der Waals surface area contributed by atoms with E-state index in [4.69, 9.17) is 9.47 Å². The molecule has 5 heteroatoms. The van der Waals surface area contributed by atoms with E-state index in [9.17, 15) is 15.0 Å². The molecule has 1 heterocycles. The zero-order valence-electron chi connectivity index (χ0n) is 19.1. The van der Waals surface area contributed by atoms with Crippen LogP contribution in [0, 0.1) is 5.41 Å². The molecule has 0 aromatic heterocycles. The Morgan fingerprint density at radius 1 is 1.40 bits per heavy atom. The maximum atomic E-state index is 12.3. The van der Waals surface area contributed by atoms with Gasteiger partial charge in [-0.3, -0.25) is 0 Å². The number of carbonyl (C=O) groups is 1. The maximum absolute atomic E-state index is 12.3. The maximum Gasteiger partial charge on any atom is 0.331 e. The number of esters is 1. The topological polar surface area (TPSA) is 79.3 Å². The molecular formula is C25H38O5. The van der Waals surface area contributed by atoms with Gasteiger partial charge in [0.2, 0.25) is 0 Å². The average Bonchev–Trinajstić information content (AvgIpc) is 3.33. The first-order chi connectivity index (χ1) is 14.0. The summed E-state index contributed by atoms with van der Waals surface area (Å²) in [4.78, 5) is 12.3. The van der Waals surface area contributed by atoms with Gasteiger partial charge in [-0.2, -0.15) is 0 Å². The van der Waals surface area contributed by atoms with E-state index in [0.29, 0.717) is 6.42 Å². The highest BCUT2D eigenvalue weighted by Gasteiger charge is 2.58. The molecule has 1 aliphatic carbocycles. The molecule has 0 bridgehead atoms. The van der Waals surface area contributed by atoms with Crippen LogP contribution in [0.25, 0.3) is 0 Å². The molecule has 0 aromatic rings. The SMILES string of the molecule is C=C(C)[C@@H](O)CC[C@]1(C)/C=C\[C@@H](OC(=O)C=C(C)C)[C@]2(C)O[C@H]2CC/C(CO)=C\C1. The molecule has 0 saturated carbocycles. The minimum absolute atomic E-state index is 0.0174. The van der Waals surface area contributed by atoms with Gasteiger partial charge in [0.05, 0.1) is 18.8 Å². The number of allylic oxidation sites excluding steroid dienone is 3. The van der Waals surface area contributed by atoms with Crippen molar-refractivity contribution < 1.29 is 24.5 Å². The zero-order chi connectivity index (χ0) is 22.5. The molecule has 0 spiro atoms. The third kappa shape index (κ3) is 6.66. The fourth-order valence-corrected chi connectivity index (χ4v) is 3.84. The van der Waals surface area contributed by atoms with Gasteiger partial charge in [0.25, 0.3) is 0 Å². The molecule has 1 fully saturated rings. The summed E-state index contributed by atoms with van der Waals surface area (Å²) in [5.41, 5.74) is 1.80. The summed E-state index contributed by atoms with van der Waals surface area (Å²) in [5, 5.41) is 20.0. The van der Waals surface area contributed by atoms with Crippen molar-refractivity contribution in [2.45, 2.75) is 90.6 Å². The largest absolute Gasteiger partial charge is 0.452 e. The number of ether oxygens (including phenoxy) is 2. The van der Waals surface area contributed by atoms with Crippen LogP contribution in [0.15, 0.2) is 47.6 Å². The van der Waals surface area contributed by atoms with Crippen LogP contribution in [-0.2, 0) is 14.3 Å². The monoisotopic (exact) mass is 418 g/mol. The fraction of sp³-hybridized carbons (Fsp3) is 0.640. The lowest BCUT2D eigenvalue weighted by atomic mass is 9.79. The molecule has 5 nitrogen and oxygen atoms in total. The molecule has 0 radical (unpaired) electrons. The number of aliphatic hydroxyl groups excluding tert-OH is 2. The Balaban J connectivity index is 2.30. The number of aliphatic hydroxyl groups is 2. The van der Waals surface area contributed by atoms with Crippen molar-refractivity contribution in [3.63, 3.8) is 0 Å². The minimum atomic E-state index is -0.565. The van der Waals surface area contributed by atoms with Crippen LogP contribution >= 0.6 is 0 Å². The van der Waals surface area contributed by atoms with Crippen molar-refractivity contribution in [3.8, 4) is 0 Å². The van der Waals surface area contributed by atoms with Crippen molar-refractivity contribution in [2.24, 2.45) is 5.41 Å². The van der Waals surface area contributed by atoms with Crippen LogP contribution < -0.4 is 0 Å². The second kappa shape index (κ2) is 10.1. The van der Waals surface area contributed by atoms with Gasteiger partial charge >= 0.3 is 5.97 Å². The van der Waals surface area contributed by atoms with Crippen molar-refractivity contribution in [3.05, 3.63) is 47.6 Å². The molecular weight excluding hydrogens is 380 g/mol. The second-order valence-corrected chi connectivity index (χ2v) is 9.55. The first-order valence-corrected chi connectivity index (χ1v) is 10.8. The summed E-state index contributed by atoms with van der Waals surface area (Å²) in [6.45, 7) is 13.5. The van der Waals surface area contributed by atoms with Crippen molar-refractivity contribution in [1.29, 1.82) is 0 Å². The Kier molecular flexibility index (Phi) is 8.26. The molecule has 168 valence electrons. The summed E-state index contributed by atoms with van der Waals surface area (Å²) in [6, 6.07) is 0. The fourth-order valence-electron chi connectivity index (χ4n) is 3.84. The smallest absolute Gasteiger partial charge is 0.331 e. The molecule has 0 amide bonds. The van der Waals surface area contributed by atoms with Gasteiger partial charge < -0.3 is 19.7 Å². The molecule has 1 aliphatic heterocycles. The number of carbonyl (C=O) groups excluding carboxylic acids is 1. The lowest BCUT2D eigenvalue weighted by Crippen LogP contribution is -2.32. The minimum Gasteiger partial charge on any atom is -0.452 e. The highest BCUT2D eigenvalue weighted by atomic mass is 16.6. The predicted octanol–water partition coefficient (Wildman–Crippen LogP) is 4.40. The van der Waals surface area contributed by atoms with Crippen LogP contribution in [-0.4, -0.2) is 46.7 Å². The number of hydrogen-bond donors (Lipinski definition) is 2. The quantitative estimate of drug-likeness (QED) is 0.277. The van der Waals surface area contributed by atoms with Crippen LogP contribution in [0.4, 0.5) is 0 Å². The van der Waals surface area contributed by atoms with Crippen LogP contribution in [0.2, 0.25) is 0 Å². The highest BCUT2D eigenvalue weighted by Crippen LogP contribution is 2.45. The lowest BCUT2D eigenvalue weighted by Gasteiger charge is -2.28. The number of rotatable bonds is 7. The van der Waals surface area contributed by atoms with E-state index in [-0.39, 0.29) is 24.1 Å². The van der Waals surface area contributed by atoms with Gasteiger partial charge in [-0.1, -0.05) is 36.8 Å². The van der Waals surface area contributed by atoms with Gasteiger partial charge in [-0.25, -0.2) is 4.79 Å². The van der Waals surface area contributed by atoms with E-state index in [1.165, 1.54) is 6.08 Å². The molecule has 2 N–H and O–H groups in total. The Labute approximate surface area is 181 Å². The van der Waals surface area contributed by atoms with Crippen molar-refractivity contribution in [1.82, 2.24) is 0 Å². The summed E-state index contributed by atoms with van der Waals surface area (Å²) in [5.74, 6) is -0.372. The molecule has 0 unspecified atom stereocenters. The summed E-state index contributed by atoms with van der Waals surface area (Å²) in [7, 11) is 0. The predicted molar refractivity (Wildman–Crippen MR) is 119 cm³/mol. The second-order valence-electron chi connectivity index (χ2n) is 9.55. The first-order valence-electron chi connectivity index (χ1n) is 10.8. The van der Waals surface area contributed by atoms with Gasteiger partial charge in [0, 0.05) is 6.08 Å². The molecule has 2 aliphatic rings. The lowest BCUT2D eigenvalue weighted by molar-refractivity contribution is -0.143. The summed E-state index contributed by atoms with van der Waals surface area (Å²) < 4.78 is 11.8. The van der Waals surface area contributed by atoms with Gasteiger partial charge in [-0.15, -0.1) is 0 Å². The first kappa shape index (κ1) is 24.6. The Bertz CT molecular complexity index is 730. The third-order valence-electron chi connectivity index (χ3n) is 6.21. The standard InChI is InChI=1S/C25H38O5/c1-17(2)15-23(28)29-21-11-14-24(5,13-10-20(27)18(3)4)12-9-19(16-26)7-8-22-25(21,6)30-22/h9,11,14-15,20-22,26-27H,3,7-8,10,12-13,16H2,1-2,4-6H3/b14-11-,19-9+/t20-,21+,22-,24+,25-/m0/s1. The van der Waals surface area contributed by atoms with E-state index >= 15 is 0 Å².